The van der Waals surface area contributed by atoms with Crippen LogP contribution in [0.2, 0.25) is 0 Å². The van der Waals surface area contributed by atoms with E-state index in [0.29, 0.717) is 23.9 Å². The maximum atomic E-state index is 14.0. The van der Waals surface area contributed by atoms with Crippen molar-refractivity contribution in [3.8, 4) is 0 Å². The summed E-state index contributed by atoms with van der Waals surface area (Å²) in [6, 6.07) is 21.2. The third-order valence-electron chi connectivity index (χ3n) is 7.44. The van der Waals surface area contributed by atoms with Gasteiger partial charge in [-0.3, -0.25) is 14.4 Å². The molecule has 1 aliphatic heterocycles. The SMILES string of the molecule is O=C(O)C1CCCN1C(=O)C(Cc1ccccc1)NC(=O)C(Cc1ccccc1)n1c(=O)[nH]c2ccccc2c1=O. The summed E-state index contributed by atoms with van der Waals surface area (Å²) < 4.78 is 0.893. The lowest BCUT2D eigenvalue weighted by Crippen LogP contribution is -2.55. The van der Waals surface area contributed by atoms with Gasteiger partial charge in [-0.25, -0.2) is 14.2 Å². The number of nitrogens with zero attached hydrogens (tertiary/aromatic N) is 2. The number of benzene rings is 3. The van der Waals surface area contributed by atoms with Gasteiger partial charge < -0.3 is 20.3 Å². The smallest absolute Gasteiger partial charge is 0.329 e. The highest BCUT2D eigenvalue weighted by Gasteiger charge is 2.38. The highest BCUT2D eigenvalue weighted by atomic mass is 16.4. The van der Waals surface area contributed by atoms with Gasteiger partial charge in [-0.2, -0.15) is 0 Å². The van der Waals surface area contributed by atoms with Crippen molar-refractivity contribution in [3.63, 3.8) is 0 Å². The van der Waals surface area contributed by atoms with Crippen molar-refractivity contribution >= 4 is 28.7 Å². The first-order chi connectivity index (χ1) is 19.8. The van der Waals surface area contributed by atoms with Crippen molar-refractivity contribution in [2.24, 2.45) is 0 Å². The molecule has 41 heavy (non-hydrogen) atoms. The summed E-state index contributed by atoms with van der Waals surface area (Å²) in [5.74, 6) is -2.32. The topological polar surface area (TPSA) is 142 Å². The van der Waals surface area contributed by atoms with E-state index in [1.165, 1.54) is 4.90 Å². The van der Waals surface area contributed by atoms with Crippen molar-refractivity contribution in [1.82, 2.24) is 19.8 Å². The molecule has 1 aromatic heterocycles. The Labute approximate surface area is 235 Å². The summed E-state index contributed by atoms with van der Waals surface area (Å²) in [5, 5.41) is 12.7. The molecule has 0 spiro atoms. The van der Waals surface area contributed by atoms with Gasteiger partial charge in [-0.05, 0) is 36.1 Å². The summed E-state index contributed by atoms with van der Waals surface area (Å²) >= 11 is 0. The number of likely N-dealkylation sites (tertiary alicyclic amines) is 1. The molecule has 1 fully saturated rings. The molecule has 1 aliphatic rings. The number of carbonyl (C=O) groups excluding carboxylic acids is 2. The number of aliphatic carboxylic acids is 1. The van der Waals surface area contributed by atoms with Gasteiger partial charge in [0, 0.05) is 19.4 Å². The highest BCUT2D eigenvalue weighted by molar-refractivity contribution is 5.92. The van der Waals surface area contributed by atoms with E-state index in [-0.39, 0.29) is 24.8 Å². The molecular weight excluding hydrogens is 524 g/mol. The number of aromatic amines is 1. The van der Waals surface area contributed by atoms with E-state index >= 15 is 0 Å². The van der Waals surface area contributed by atoms with Crippen LogP contribution in [0.25, 0.3) is 10.9 Å². The second-order valence-corrected chi connectivity index (χ2v) is 10.1. The van der Waals surface area contributed by atoms with Gasteiger partial charge in [-0.15, -0.1) is 0 Å². The van der Waals surface area contributed by atoms with Crippen molar-refractivity contribution in [3.05, 3.63) is 117 Å². The standard InChI is InChI=1S/C31H30N4O6/c36-27(32-24(18-20-10-3-1-4-11-20)29(38)34-17-9-16-25(34)30(39)40)26(19-21-12-5-2-6-13-21)35-28(37)22-14-7-8-15-23(22)33-31(35)41/h1-8,10-15,24-26H,9,16-19H2,(H,32,36)(H,33,41)(H,39,40). The van der Waals surface area contributed by atoms with Gasteiger partial charge in [0.05, 0.1) is 10.9 Å². The van der Waals surface area contributed by atoms with Crippen LogP contribution in [-0.4, -0.2) is 56.0 Å². The first-order valence-electron chi connectivity index (χ1n) is 13.5. The van der Waals surface area contributed by atoms with Crippen LogP contribution in [0.3, 0.4) is 0 Å². The van der Waals surface area contributed by atoms with Crippen molar-refractivity contribution in [2.75, 3.05) is 6.54 Å². The van der Waals surface area contributed by atoms with Gasteiger partial charge in [-0.1, -0.05) is 72.8 Å². The van der Waals surface area contributed by atoms with Crippen LogP contribution in [0, 0.1) is 0 Å². The van der Waals surface area contributed by atoms with Gasteiger partial charge >= 0.3 is 11.7 Å². The number of carboxylic acids is 1. The lowest BCUT2D eigenvalue weighted by atomic mass is 10.0. The van der Waals surface area contributed by atoms with E-state index in [1.807, 2.05) is 24.3 Å². The molecule has 3 aromatic carbocycles. The fourth-order valence-corrected chi connectivity index (χ4v) is 5.40. The van der Waals surface area contributed by atoms with Crippen molar-refractivity contribution in [1.29, 1.82) is 0 Å². The Kier molecular flexibility index (Phi) is 8.09. The molecular formula is C31H30N4O6. The van der Waals surface area contributed by atoms with Gasteiger partial charge in [0.25, 0.3) is 5.56 Å². The molecule has 0 aliphatic carbocycles. The summed E-state index contributed by atoms with van der Waals surface area (Å²) in [7, 11) is 0. The number of aromatic nitrogens is 2. The van der Waals surface area contributed by atoms with E-state index in [2.05, 4.69) is 10.3 Å². The molecule has 4 aromatic rings. The van der Waals surface area contributed by atoms with Crippen LogP contribution >= 0.6 is 0 Å². The zero-order valence-electron chi connectivity index (χ0n) is 22.2. The molecule has 3 N–H and O–H groups in total. The maximum Gasteiger partial charge on any atom is 0.329 e. The zero-order valence-corrected chi connectivity index (χ0v) is 22.2. The number of H-pyrrole nitrogens is 1. The number of carbonyl (C=O) groups is 3. The second kappa shape index (κ2) is 12.0. The molecule has 10 heteroatoms. The Bertz CT molecular complexity index is 1680. The van der Waals surface area contributed by atoms with Crippen molar-refractivity contribution in [2.45, 2.75) is 43.8 Å². The molecule has 5 rings (SSSR count). The molecule has 3 unspecified atom stereocenters. The molecule has 1 saturated heterocycles. The predicted octanol–water partition coefficient (Wildman–Crippen LogP) is 2.28. The van der Waals surface area contributed by atoms with Gasteiger partial charge in [0.15, 0.2) is 0 Å². The van der Waals surface area contributed by atoms with E-state index in [9.17, 15) is 29.1 Å². The third kappa shape index (κ3) is 5.96. The fourth-order valence-electron chi connectivity index (χ4n) is 5.40. The molecule has 2 amide bonds. The lowest BCUT2D eigenvalue weighted by Gasteiger charge is -2.29. The normalized spacial score (nSPS) is 16.3. The van der Waals surface area contributed by atoms with Gasteiger partial charge in [0.1, 0.15) is 18.1 Å². The van der Waals surface area contributed by atoms with Crippen LogP contribution in [0.15, 0.2) is 94.5 Å². The average molecular weight is 555 g/mol. The van der Waals surface area contributed by atoms with Crippen LogP contribution < -0.4 is 16.6 Å². The molecule has 210 valence electrons. The number of hydrogen-bond acceptors (Lipinski definition) is 5. The van der Waals surface area contributed by atoms with Crippen molar-refractivity contribution < 1.29 is 19.5 Å². The van der Waals surface area contributed by atoms with E-state index in [4.69, 9.17) is 0 Å². The van der Waals surface area contributed by atoms with E-state index in [1.54, 1.807) is 60.7 Å². The van der Waals surface area contributed by atoms with Crippen LogP contribution in [0.1, 0.15) is 30.0 Å². The quantitative estimate of drug-likeness (QED) is 0.290. The highest BCUT2D eigenvalue weighted by Crippen LogP contribution is 2.21. The molecule has 0 saturated carbocycles. The van der Waals surface area contributed by atoms with E-state index < -0.39 is 47.2 Å². The number of hydrogen-bond donors (Lipinski definition) is 3. The minimum Gasteiger partial charge on any atom is -0.480 e. The number of carboxylic acid groups (broad SMARTS) is 1. The molecule has 10 nitrogen and oxygen atoms in total. The second-order valence-electron chi connectivity index (χ2n) is 10.1. The zero-order chi connectivity index (χ0) is 28.9. The number of nitrogens with one attached hydrogen (secondary N) is 2. The Balaban J connectivity index is 1.54. The summed E-state index contributed by atoms with van der Waals surface area (Å²) in [6.45, 7) is 0.258. The summed E-state index contributed by atoms with van der Waals surface area (Å²) in [4.78, 5) is 70.3. The largest absolute Gasteiger partial charge is 0.480 e. The number of rotatable bonds is 9. The van der Waals surface area contributed by atoms with Crippen LogP contribution in [-0.2, 0) is 27.2 Å². The lowest BCUT2D eigenvalue weighted by molar-refractivity contribution is -0.149. The number of para-hydroxylation sites is 1. The Morgan fingerprint density at radius 1 is 0.878 bits per heavy atom. The Morgan fingerprint density at radius 2 is 1.49 bits per heavy atom. The summed E-state index contributed by atoms with van der Waals surface area (Å²) in [6.07, 6.45) is 0.982. The first kappa shape index (κ1) is 27.6. The summed E-state index contributed by atoms with van der Waals surface area (Å²) in [5.41, 5.74) is 0.447. The average Bonchev–Trinajstić information content (AvgIpc) is 3.48. The maximum absolute atomic E-state index is 14.0. The number of amides is 2. The van der Waals surface area contributed by atoms with Gasteiger partial charge in [0.2, 0.25) is 11.8 Å². The van der Waals surface area contributed by atoms with E-state index in [0.717, 1.165) is 10.1 Å². The molecule has 0 radical (unpaired) electrons. The predicted molar refractivity (Wildman–Crippen MR) is 152 cm³/mol. The Hall–Kier alpha value is -4.99. The fraction of sp³-hybridized carbons (Fsp3) is 0.258. The molecule has 0 bridgehead atoms. The minimum atomic E-state index is -1.28. The Morgan fingerprint density at radius 3 is 2.15 bits per heavy atom. The molecule has 3 atom stereocenters. The van der Waals surface area contributed by atoms with Crippen LogP contribution in [0.5, 0.6) is 0 Å². The van der Waals surface area contributed by atoms with Crippen LogP contribution in [0.4, 0.5) is 0 Å². The monoisotopic (exact) mass is 554 g/mol. The molecule has 2 heterocycles. The third-order valence-corrected chi connectivity index (χ3v) is 7.44. The number of fused-ring (bicyclic) bond motifs is 1. The first-order valence-corrected chi connectivity index (χ1v) is 13.5. The minimum absolute atomic E-state index is 0.0156.